The molecule has 0 unspecified atom stereocenters. The molecule has 0 aliphatic heterocycles. The minimum absolute atomic E-state index is 0.00247. The maximum atomic E-state index is 13.0. The largest absolute Gasteiger partial charge is 0.464 e. The molecule has 0 saturated heterocycles. The fraction of sp³-hybridized carbons (Fsp3) is 0.364. The van der Waals surface area contributed by atoms with Crippen molar-refractivity contribution in [1.29, 1.82) is 0 Å². The molecule has 0 aliphatic rings. The van der Waals surface area contributed by atoms with Crippen LogP contribution in [0.2, 0.25) is 0 Å². The lowest BCUT2D eigenvalue weighted by atomic mass is 10.1. The first-order chi connectivity index (χ1) is 13.4. The zero-order valence-electron chi connectivity index (χ0n) is 16.9. The van der Waals surface area contributed by atoms with Gasteiger partial charge in [-0.15, -0.1) is 6.58 Å². The van der Waals surface area contributed by atoms with Crippen LogP contribution >= 0.6 is 0 Å². The Hall–Kier alpha value is -3.02. The third kappa shape index (κ3) is 6.30. The Kier molecular flexibility index (Phi) is 7.87. The quantitative estimate of drug-likeness (QED) is 0.624. The van der Waals surface area contributed by atoms with Crippen LogP contribution in [0.4, 0.5) is 4.79 Å². The Morgan fingerprint density at radius 2 is 1.79 bits per heavy atom. The van der Waals surface area contributed by atoms with E-state index in [1.807, 2.05) is 49.4 Å². The molecule has 6 heteroatoms. The zero-order chi connectivity index (χ0) is 20.5. The minimum Gasteiger partial charge on any atom is -0.464 e. The van der Waals surface area contributed by atoms with E-state index >= 15 is 0 Å². The van der Waals surface area contributed by atoms with Gasteiger partial charge >= 0.3 is 6.03 Å². The number of amides is 3. The molecule has 1 aromatic heterocycles. The highest BCUT2D eigenvalue weighted by atomic mass is 16.3. The van der Waals surface area contributed by atoms with Crippen LogP contribution in [-0.2, 0) is 17.8 Å². The maximum Gasteiger partial charge on any atom is 0.320 e. The van der Waals surface area contributed by atoms with Gasteiger partial charge in [0.2, 0.25) is 5.91 Å². The molecule has 0 spiro atoms. The van der Waals surface area contributed by atoms with E-state index in [1.165, 1.54) is 9.80 Å². The van der Waals surface area contributed by atoms with Crippen molar-refractivity contribution in [1.82, 2.24) is 14.7 Å². The van der Waals surface area contributed by atoms with Crippen LogP contribution in [0.1, 0.15) is 17.1 Å². The van der Waals surface area contributed by atoms with E-state index in [2.05, 4.69) is 6.58 Å². The summed E-state index contributed by atoms with van der Waals surface area (Å²) >= 11 is 0. The monoisotopic (exact) mass is 383 g/mol. The van der Waals surface area contributed by atoms with Gasteiger partial charge in [-0.25, -0.2) is 4.79 Å². The van der Waals surface area contributed by atoms with Crippen LogP contribution in [0.3, 0.4) is 0 Å². The summed E-state index contributed by atoms with van der Waals surface area (Å²) in [7, 11) is 3.34. The summed E-state index contributed by atoms with van der Waals surface area (Å²) < 4.78 is 5.66. The Bertz CT molecular complexity index is 783. The summed E-state index contributed by atoms with van der Waals surface area (Å²) in [4.78, 5) is 30.1. The average Bonchev–Trinajstić information content (AvgIpc) is 3.09. The van der Waals surface area contributed by atoms with Crippen molar-refractivity contribution in [3.63, 3.8) is 0 Å². The molecule has 6 nitrogen and oxygen atoms in total. The van der Waals surface area contributed by atoms with Crippen molar-refractivity contribution in [2.45, 2.75) is 19.9 Å². The molecule has 0 atom stereocenters. The summed E-state index contributed by atoms with van der Waals surface area (Å²) in [6.45, 7) is 6.79. The molecular weight excluding hydrogens is 354 g/mol. The topological polar surface area (TPSA) is 57.0 Å². The number of furan rings is 1. The molecule has 3 amide bonds. The van der Waals surface area contributed by atoms with Gasteiger partial charge in [0.25, 0.3) is 0 Å². The van der Waals surface area contributed by atoms with E-state index in [-0.39, 0.29) is 18.5 Å². The van der Waals surface area contributed by atoms with Gasteiger partial charge in [-0.1, -0.05) is 36.4 Å². The van der Waals surface area contributed by atoms with E-state index in [0.29, 0.717) is 19.6 Å². The summed E-state index contributed by atoms with van der Waals surface area (Å²) in [5.41, 5.74) is 1.16. The first-order valence-electron chi connectivity index (χ1n) is 9.35. The minimum atomic E-state index is -0.217. The molecule has 0 N–H and O–H groups in total. The fourth-order valence-electron chi connectivity index (χ4n) is 2.87. The van der Waals surface area contributed by atoms with Crippen molar-refractivity contribution < 1.29 is 14.0 Å². The number of aryl methyl sites for hydroxylation is 1. The van der Waals surface area contributed by atoms with Gasteiger partial charge in [0.1, 0.15) is 18.1 Å². The molecule has 2 rings (SSSR count). The second-order valence-corrected chi connectivity index (χ2v) is 6.91. The molecule has 0 aliphatic carbocycles. The van der Waals surface area contributed by atoms with Gasteiger partial charge in [-0.2, -0.15) is 0 Å². The lowest BCUT2D eigenvalue weighted by molar-refractivity contribution is -0.132. The molecule has 1 aromatic carbocycles. The molecular formula is C22H29N3O3. The molecule has 150 valence electrons. The van der Waals surface area contributed by atoms with Gasteiger partial charge in [0.15, 0.2) is 0 Å². The number of benzene rings is 1. The van der Waals surface area contributed by atoms with Crippen molar-refractivity contribution >= 4 is 11.9 Å². The normalized spacial score (nSPS) is 10.4. The second kappa shape index (κ2) is 10.3. The van der Waals surface area contributed by atoms with Crippen LogP contribution in [-0.4, -0.2) is 60.4 Å². The molecule has 1 heterocycles. The fourth-order valence-corrected chi connectivity index (χ4v) is 2.87. The lowest BCUT2D eigenvalue weighted by Gasteiger charge is -2.28. The SMILES string of the molecule is C=CCN(CC(=O)N(CCc1ccccc1)Cc1ccc(C)o1)C(=O)N(C)C. The number of rotatable bonds is 9. The highest BCUT2D eigenvalue weighted by molar-refractivity contribution is 5.84. The average molecular weight is 383 g/mol. The summed E-state index contributed by atoms with van der Waals surface area (Å²) in [6.07, 6.45) is 2.36. The maximum absolute atomic E-state index is 13.0. The third-order valence-electron chi connectivity index (χ3n) is 4.34. The van der Waals surface area contributed by atoms with Gasteiger partial charge in [-0.3, -0.25) is 4.79 Å². The molecule has 28 heavy (non-hydrogen) atoms. The van der Waals surface area contributed by atoms with Crippen molar-refractivity contribution in [3.8, 4) is 0 Å². The van der Waals surface area contributed by atoms with Gasteiger partial charge in [-0.05, 0) is 31.0 Å². The highest BCUT2D eigenvalue weighted by Crippen LogP contribution is 2.12. The van der Waals surface area contributed by atoms with Crippen LogP contribution in [0.5, 0.6) is 0 Å². The van der Waals surface area contributed by atoms with Crippen LogP contribution < -0.4 is 0 Å². The highest BCUT2D eigenvalue weighted by Gasteiger charge is 2.22. The Labute approximate surface area is 167 Å². The van der Waals surface area contributed by atoms with Gasteiger partial charge < -0.3 is 19.1 Å². The predicted octanol–water partition coefficient (Wildman–Crippen LogP) is 3.33. The standard InChI is InChI=1S/C22H29N3O3/c1-5-14-25(22(27)23(3)4)17-21(26)24(16-20-12-11-18(2)28-20)15-13-19-9-7-6-8-10-19/h5-12H,1,13-17H2,2-4H3. The Morgan fingerprint density at radius 3 is 2.36 bits per heavy atom. The number of carbonyl (C=O) groups is 2. The van der Waals surface area contributed by atoms with Crippen molar-refractivity contribution in [2.75, 3.05) is 33.7 Å². The molecule has 0 bridgehead atoms. The lowest BCUT2D eigenvalue weighted by Crippen LogP contribution is -2.46. The van der Waals surface area contributed by atoms with Gasteiger partial charge in [0, 0.05) is 27.2 Å². The Balaban J connectivity index is 2.11. The van der Waals surface area contributed by atoms with E-state index in [4.69, 9.17) is 4.42 Å². The van der Waals surface area contributed by atoms with E-state index in [1.54, 1.807) is 25.1 Å². The summed E-state index contributed by atoms with van der Waals surface area (Å²) in [5.74, 6) is 1.41. The van der Waals surface area contributed by atoms with Crippen molar-refractivity contribution in [2.24, 2.45) is 0 Å². The molecule has 0 radical (unpaired) electrons. The predicted molar refractivity (Wildman–Crippen MR) is 110 cm³/mol. The van der Waals surface area contributed by atoms with Crippen LogP contribution in [0.15, 0.2) is 59.5 Å². The van der Waals surface area contributed by atoms with E-state index in [0.717, 1.165) is 23.5 Å². The van der Waals surface area contributed by atoms with Crippen LogP contribution in [0.25, 0.3) is 0 Å². The summed E-state index contributed by atoms with van der Waals surface area (Å²) in [5, 5.41) is 0. The molecule has 2 aromatic rings. The number of hydrogen-bond donors (Lipinski definition) is 0. The zero-order valence-corrected chi connectivity index (χ0v) is 16.9. The van der Waals surface area contributed by atoms with Gasteiger partial charge in [0.05, 0.1) is 6.54 Å². The smallest absolute Gasteiger partial charge is 0.320 e. The first-order valence-corrected chi connectivity index (χ1v) is 9.35. The summed E-state index contributed by atoms with van der Waals surface area (Å²) in [6, 6.07) is 13.6. The van der Waals surface area contributed by atoms with E-state index < -0.39 is 0 Å². The number of urea groups is 1. The third-order valence-corrected chi connectivity index (χ3v) is 4.34. The molecule has 0 fully saturated rings. The first kappa shape index (κ1) is 21.3. The Morgan fingerprint density at radius 1 is 1.07 bits per heavy atom. The number of nitrogens with zero attached hydrogens (tertiary/aromatic N) is 3. The second-order valence-electron chi connectivity index (χ2n) is 6.91. The van der Waals surface area contributed by atoms with E-state index in [9.17, 15) is 9.59 Å². The van der Waals surface area contributed by atoms with Crippen LogP contribution in [0, 0.1) is 6.92 Å². The number of hydrogen-bond acceptors (Lipinski definition) is 3. The van der Waals surface area contributed by atoms with Crippen molar-refractivity contribution in [3.05, 3.63) is 72.2 Å². The molecule has 0 saturated carbocycles. The number of carbonyl (C=O) groups excluding carboxylic acids is 2.